The van der Waals surface area contributed by atoms with Crippen molar-refractivity contribution in [1.29, 1.82) is 0 Å². The Balaban J connectivity index is 1.91. The third-order valence-corrected chi connectivity index (χ3v) is 5.63. The van der Waals surface area contributed by atoms with Crippen LogP contribution in [0.5, 0.6) is 0 Å². The van der Waals surface area contributed by atoms with Crippen LogP contribution in [-0.2, 0) is 6.42 Å². The molecule has 3 nitrogen and oxygen atoms in total. The number of piperidine rings is 1. The zero-order valence-corrected chi connectivity index (χ0v) is 12.9. The van der Waals surface area contributed by atoms with Crippen LogP contribution < -0.4 is 0 Å². The summed E-state index contributed by atoms with van der Waals surface area (Å²) in [6.07, 6.45) is 3.09. The summed E-state index contributed by atoms with van der Waals surface area (Å²) < 4.78 is 0. The van der Waals surface area contributed by atoms with Gasteiger partial charge in [0.05, 0.1) is 11.6 Å². The van der Waals surface area contributed by atoms with E-state index in [1.165, 1.54) is 22.2 Å². The van der Waals surface area contributed by atoms with Gasteiger partial charge >= 0.3 is 0 Å². The first-order chi connectivity index (χ1) is 10.1. The van der Waals surface area contributed by atoms with Gasteiger partial charge in [-0.25, -0.2) is 0 Å². The molecule has 4 rings (SSSR count). The van der Waals surface area contributed by atoms with Crippen molar-refractivity contribution in [3.05, 3.63) is 35.5 Å². The Morgan fingerprint density at radius 2 is 2.10 bits per heavy atom. The lowest BCUT2D eigenvalue weighted by molar-refractivity contribution is -0.117. The number of aliphatic hydroxyl groups is 1. The Hall–Kier alpha value is -1.32. The van der Waals surface area contributed by atoms with E-state index < -0.39 is 5.60 Å². The molecule has 1 fully saturated rings. The molecule has 112 valence electrons. The van der Waals surface area contributed by atoms with Gasteiger partial charge in [-0.15, -0.1) is 0 Å². The Kier molecular flexibility index (Phi) is 2.92. The maximum absolute atomic E-state index is 11.4. The van der Waals surface area contributed by atoms with Gasteiger partial charge in [-0.1, -0.05) is 32.0 Å². The minimum absolute atomic E-state index is 0.127. The third-order valence-electron chi connectivity index (χ3n) is 5.63. The lowest BCUT2D eigenvalue weighted by atomic mass is 9.73. The Morgan fingerprint density at radius 1 is 1.29 bits per heavy atom. The van der Waals surface area contributed by atoms with Gasteiger partial charge in [-0.05, 0) is 43.4 Å². The van der Waals surface area contributed by atoms with Crippen molar-refractivity contribution in [3.8, 4) is 0 Å². The maximum atomic E-state index is 11.4. The summed E-state index contributed by atoms with van der Waals surface area (Å²) in [4.78, 5) is 6.11. The van der Waals surface area contributed by atoms with Gasteiger partial charge in [-0.3, -0.25) is 4.90 Å². The highest BCUT2D eigenvalue weighted by Crippen LogP contribution is 2.47. The molecule has 2 aromatic rings. The van der Waals surface area contributed by atoms with Crippen LogP contribution in [0.4, 0.5) is 0 Å². The van der Waals surface area contributed by atoms with Gasteiger partial charge in [0.15, 0.2) is 0 Å². The standard InChI is InChI=1S/C18H24N2O/c1-12(2)18(21)9-5-10-20-11-8-14-13-6-3-4-7-15(13)19-16(14)17(18)20/h3-4,6-7,12,17,19,21H,5,8-11H2,1-2H3. The van der Waals surface area contributed by atoms with Crippen molar-refractivity contribution in [1.82, 2.24) is 9.88 Å². The van der Waals surface area contributed by atoms with E-state index in [4.69, 9.17) is 0 Å². The SMILES string of the molecule is CC(C)C1(O)CCCN2CCc3c([nH]c4ccccc34)C21. The molecule has 2 atom stereocenters. The van der Waals surface area contributed by atoms with E-state index in [0.717, 1.165) is 32.4 Å². The van der Waals surface area contributed by atoms with E-state index in [1.807, 2.05) is 0 Å². The fourth-order valence-corrected chi connectivity index (χ4v) is 4.40. The number of para-hydroxylation sites is 1. The lowest BCUT2D eigenvalue weighted by Gasteiger charge is -2.51. The number of aromatic nitrogens is 1. The molecule has 2 aliphatic rings. The fourth-order valence-electron chi connectivity index (χ4n) is 4.40. The first kappa shape index (κ1) is 13.4. The molecule has 3 heteroatoms. The number of fused-ring (bicyclic) bond motifs is 5. The molecule has 0 aliphatic carbocycles. The number of H-pyrrole nitrogens is 1. The normalized spacial score (nSPS) is 29.6. The summed E-state index contributed by atoms with van der Waals surface area (Å²) in [6, 6.07) is 8.67. The largest absolute Gasteiger partial charge is 0.388 e. The summed E-state index contributed by atoms with van der Waals surface area (Å²) in [6.45, 7) is 6.48. The van der Waals surface area contributed by atoms with Crippen molar-refractivity contribution in [3.63, 3.8) is 0 Å². The van der Waals surface area contributed by atoms with Gasteiger partial charge in [0.25, 0.3) is 0 Å². The maximum Gasteiger partial charge on any atom is 0.0881 e. The fraction of sp³-hybridized carbons (Fsp3) is 0.556. The number of nitrogens with one attached hydrogen (secondary N) is 1. The quantitative estimate of drug-likeness (QED) is 0.844. The van der Waals surface area contributed by atoms with E-state index in [2.05, 4.69) is 48.0 Å². The van der Waals surface area contributed by atoms with E-state index in [9.17, 15) is 5.11 Å². The van der Waals surface area contributed by atoms with E-state index in [0.29, 0.717) is 0 Å². The highest BCUT2D eigenvalue weighted by atomic mass is 16.3. The first-order valence-corrected chi connectivity index (χ1v) is 8.17. The second kappa shape index (κ2) is 4.59. The molecule has 1 aromatic heterocycles. The molecular formula is C18H24N2O. The molecule has 1 saturated heterocycles. The van der Waals surface area contributed by atoms with Crippen molar-refractivity contribution >= 4 is 10.9 Å². The minimum atomic E-state index is -0.617. The molecule has 0 bridgehead atoms. The average molecular weight is 284 g/mol. The molecule has 2 unspecified atom stereocenters. The molecule has 0 radical (unpaired) electrons. The number of benzene rings is 1. The minimum Gasteiger partial charge on any atom is -0.388 e. The summed E-state index contributed by atoms with van der Waals surface area (Å²) in [5.74, 6) is 0.266. The van der Waals surface area contributed by atoms with Crippen LogP contribution in [0.1, 0.15) is 44.0 Å². The molecule has 2 N–H and O–H groups in total. The van der Waals surface area contributed by atoms with Crippen LogP contribution in [0.15, 0.2) is 24.3 Å². The zero-order valence-electron chi connectivity index (χ0n) is 12.9. The smallest absolute Gasteiger partial charge is 0.0881 e. The molecule has 0 saturated carbocycles. The number of rotatable bonds is 1. The second-order valence-corrected chi connectivity index (χ2v) is 7.00. The van der Waals surface area contributed by atoms with Crippen molar-refractivity contribution in [2.75, 3.05) is 13.1 Å². The summed E-state index contributed by atoms with van der Waals surface area (Å²) >= 11 is 0. The van der Waals surface area contributed by atoms with Crippen molar-refractivity contribution < 1.29 is 5.11 Å². The Morgan fingerprint density at radius 3 is 2.90 bits per heavy atom. The zero-order chi connectivity index (χ0) is 14.6. The average Bonchev–Trinajstić information content (AvgIpc) is 2.85. The predicted molar refractivity (Wildman–Crippen MR) is 85.3 cm³/mol. The summed E-state index contributed by atoms with van der Waals surface area (Å²) in [5.41, 5.74) is 3.28. The number of hydrogen-bond acceptors (Lipinski definition) is 2. The number of hydrogen-bond donors (Lipinski definition) is 2. The van der Waals surface area contributed by atoms with E-state index >= 15 is 0 Å². The van der Waals surface area contributed by atoms with Crippen LogP contribution in [0.3, 0.4) is 0 Å². The van der Waals surface area contributed by atoms with Crippen molar-refractivity contribution in [2.45, 2.75) is 44.8 Å². The van der Waals surface area contributed by atoms with E-state index in [1.54, 1.807) is 0 Å². The molecule has 1 aromatic carbocycles. The second-order valence-electron chi connectivity index (χ2n) is 7.00. The van der Waals surface area contributed by atoms with Gasteiger partial charge in [-0.2, -0.15) is 0 Å². The highest BCUT2D eigenvalue weighted by molar-refractivity contribution is 5.85. The van der Waals surface area contributed by atoms with Gasteiger partial charge in [0.2, 0.25) is 0 Å². The van der Waals surface area contributed by atoms with E-state index in [-0.39, 0.29) is 12.0 Å². The molecule has 2 aliphatic heterocycles. The Labute approximate surface area is 126 Å². The summed E-state index contributed by atoms with van der Waals surface area (Å²) in [5, 5.41) is 12.7. The van der Waals surface area contributed by atoms with Gasteiger partial charge in [0, 0.05) is 23.1 Å². The highest BCUT2D eigenvalue weighted by Gasteiger charge is 2.49. The summed E-state index contributed by atoms with van der Waals surface area (Å²) in [7, 11) is 0. The van der Waals surface area contributed by atoms with Gasteiger partial charge < -0.3 is 10.1 Å². The molecule has 21 heavy (non-hydrogen) atoms. The molecular weight excluding hydrogens is 260 g/mol. The monoisotopic (exact) mass is 284 g/mol. The van der Waals surface area contributed by atoms with Crippen LogP contribution in [0.25, 0.3) is 10.9 Å². The number of nitrogens with zero attached hydrogens (tertiary/aromatic N) is 1. The molecule has 0 spiro atoms. The Bertz CT molecular complexity index is 675. The van der Waals surface area contributed by atoms with Crippen LogP contribution in [0.2, 0.25) is 0 Å². The topological polar surface area (TPSA) is 39.3 Å². The lowest BCUT2D eigenvalue weighted by Crippen LogP contribution is -2.55. The predicted octanol–water partition coefficient (Wildman–Crippen LogP) is 3.25. The third kappa shape index (κ3) is 1.80. The first-order valence-electron chi connectivity index (χ1n) is 8.17. The molecule has 3 heterocycles. The van der Waals surface area contributed by atoms with Crippen LogP contribution >= 0.6 is 0 Å². The number of aromatic amines is 1. The van der Waals surface area contributed by atoms with Gasteiger partial charge in [0.1, 0.15) is 0 Å². The van der Waals surface area contributed by atoms with Crippen molar-refractivity contribution in [2.24, 2.45) is 5.92 Å². The molecule has 0 amide bonds. The van der Waals surface area contributed by atoms with Crippen LogP contribution in [0, 0.1) is 5.92 Å². The van der Waals surface area contributed by atoms with Crippen LogP contribution in [-0.4, -0.2) is 33.7 Å².